The summed E-state index contributed by atoms with van der Waals surface area (Å²) >= 11 is 0. The van der Waals surface area contributed by atoms with Crippen molar-refractivity contribution in [3.05, 3.63) is 0 Å². The third kappa shape index (κ3) is 40.7. The number of aliphatic hydroxyl groups excluding tert-OH is 1. The highest BCUT2D eigenvalue weighted by molar-refractivity contribution is 7.85. The molecule has 0 aromatic rings. The smallest absolute Gasteiger partial charge is 0.261 e. The molecule has 0 aromatic carbocycles. The van der Waals surface area contributed by atoms with Crippen LogP contribution in [0.3, 0.4) is 0 Å². The van der Waals surface area contributed by atoms with Gasteiger partial charge in [-0.3, -0.25) is 4.55 Å². The van der Waals surface area contributed by atoms with Crippen LogP contribution in [0.4, 0.5) is 0 Å². The minimum absolute atomic E-state index is 0.0955. The summed E-state index contributed by atoms with van der Waals surface area (Å²) in [7, 11) is -3.67. The van der Waals surface area contributed by atoms with E-state index in [0.29, 0.717) is 6.26 Å². The highest BCUT2D eigenvalue weighted by Crippen LogP contribution is 2.04. The molecule has 0 saturated heterocycles. The molecule has 0 aliphatic rings. The largest absolute Gasteiger partial charge is 0.393 e. The SMILES string of the molecule is CCCCCCC(C)O.CS(=O)(=O)O. The van der Waals surface area contributed by atoms with Gasteiger partial charge in [-0.1, -0.05) is 32.6 Å². The van der Waals surface area contributed by atoms with Gasteiger partial charge in [0.25, 0.3) is 10.1 Å². The van der Waals surface area contributed by atoms with Crippen molar-refractivity contribution in [2.45, 2.75) is 52.1 Å². The van der Waals surface area contributed by atoms with Crippen molar-refractivity contribution >= 4 is 10.1 Å². The molecule has 88 valence electrons. The molecule has 0 bridgehead atoms. The lowest BCUT2D eigenvalue weighted by Gasteiger charge is -2.01. The van der Waals surface area contributed by atoms with Gasteiger partial charge in [-0.25, -0.2) is 0 Å². The molecular weight excluding hydrogens is 204 g/mol. The Balaban J connectivity index is 0. The molecule has 2 N–H and O–H groups in total. The Morgan fingerprint density at radius 2 is 1.64 bits per heavy atom. The summed E-state index contributed by atoms with van der Waals surface area (Å²) in [6, 6.07) is 0. The maximum atomic E-state index is 9.19. The molecule has 0 aliphatic heterocycles. The summed E-state index contributed by atoms with van der Waals surface area (Å²) in [5.41, 5.74) is 0. The normalized spacial score (nSPS) is 12.9. The van der Waals surface area contributed by atoms with Crippen molar-refractivity contribution in [1.29, 1.82) is 0 Å². The zero-order chi connectivity index (χ0) is 11.6. The molecule has 0 heterocycles. The molecular formula is C9H22O4S. The summed E-state index contributed by atoms with van der Waals surface area (Å²) in [4.78, 5) is 0. The molecule has 1 unspecified atom stereocenters. The molecule has 0 saturated carbocycles. The molecule has 4 nitrogen and oxygen atoms in total. The lowest BCUT2D eigenvalue weighted by Crippen LogP contribution is -1.97. The zero-order valence-corrected chi connectivity index (χ0v) is 10.0. The third-order valence-electron chi connectivity index (χ3n) is 1.48. The van der Waals surface area contributed by atoms with Crippen LogP contribution in [0.15, 0.2) is 0 Å². The van der Waals surface area contributed by atoms with Crippen LogP contribution in [0.2, 0.25) is 0 Å². The van der Waals surface area contributed by atoms with Crippen LogP contribution in [0.1, 0.15) is 46.0 Å². The first-order valence-electron chi connectivity index (χ1n) is 4.88. The van der Waals surface area contributed by atoms with Crippen LogP contribution in [-0.4, -0.2) is 30.4 Å². The molecule has 0 aliphatic carbocycles. The van der Waals surface area contributed by atoms with Gasteiger partial charge in [0.1, 0.15) is 0 Å². The fraction of sp³-hybridized carbons (Fsp3) is 1.00. The van der Waals surface area contributed by atoms with E-state index >= 15 is 0 Å². The van der Waals surface area contributed by atoms with Gasteiger partial charge in [-0.2, -0.15) is 8.42 Å². The van der Waals surface area contributed by atoms with Crippen molar-refractivity contribution in [2.24, 2.45) is 0 Å². The Morgan fingerprint density at radius 1 is 1.21 bits per heavy atom. The first-order valence-corrected chi connectivity index (χ1v) is 6.72. The van der Waals surface area contributed by atoms with Crippen LogP contribution in [0.5, 0.6) is 0 Å². The fourth-order valence-electron chi connectivity index (χ4n) is 0.867. The van der Waals surface area contributed by atoms with Crippen LogP contribution < -0.4 is 0 Å². The number of aliphatic hydroxyl groups is 1. The highest BCUT2D eigenvalue weighted by atomic mass is 32.2. The predicted molar refractivity (Wildman–Crippen MR) is 57.9 cm³/mol. The molecule has 5 heteroatoms. The van der Waals surface area contributed by atoms with E-state index in [1.54, 1.807) is 0 Å². The van der Waals surface area contributed by atoms with Crippen molar-refractivity contribution in [2.75, 3.05) is 6.26 Å². The van der Waals surface area contributed by atoms with Gasteiger partial charge in [-0.05, 0) is 13.3 Å². The highest BCUT2D eigenvalue weighted by Gasteiger charge is 1.93. The monoisotopic (exact) mass is 226 g/mol. The lowest BCUT2D eigenvalue weighted by atomic mass is 10.1. The van der Waals surface area contributed by atoms with Gasteiger partial charge in [0.05, 0.1) is 12.4 Å². The van der Waals surface area contributed by atoms with E-state index in [9.17, 15) is 8.42 Å². The quantitative estimate of drug-likeness (QED) is 0.554. The summed E-state index contributed by atoms with van der Waals surface area (Å²) in [5, 5.41) is 8.85. The second-order valence-electron chi connectivity index (χ2n) is 3.43. The van der Waals surface area contributed by atoms with Crippen LogP contribution >= 0.6 is 0 Å². The van der Waals surface area contributed by atoms with Gasteiger partial charge in [-0.15, -0.1) is 0 Å². The Bertz CT molecular complexity index is 189. The van der Waals surface area contributed by atoms with Gasteiger partial charge in [0.2, 0.25) is 0 Å². The molecule has 14 heavy (non-hydrogen) atoms. The standard InChI is InChI=1S/C8H18O.CH4O3S/c1-3-4-5-6-7-8(2)9;1-5(2,3)4/h8-9H,3-7H2,1-2H3;1H3,(H,2,3,4). The molecule has 0 aromatic heterocycles. The third-order valence-corrected chi connectivity index (χ3v) is 1.48. The molecule has 0 amide bonds. The van der Waals surface area contributed by atoms with E-state index < -0.39 is 10.1 Å². The van der Waals surface area contributed by atoms with Crippen molar-refractivity contribution in [1.82, 2.24) is 0 Å². The maximum absolute atomic E-state index is 9.19. The van der Waals surface area contributed by atoms with Crippen LogP contribution in [0, 0.1) is 0 Å². The summed E-state index contributed by atoms with van der Waals surface area (Å²) in [6.45, 7) is 4.05. The second kappa shape index (κ2) is 9.43. The van der Waals surface area contributed by atoms with E-state index in [2.05, 4.69) is 6.92 Å². The molecule has 0 spiro atoms. The zero-order valence-electron chi connectivity index (χ0n) is 9.23. The first kappa shape index (κ1) is 16.3. The molecule has 1 atom stereocenters. The maximum Gasteiger partial charge on any atom is 0.261 e. The Kier molecular flexibility index (Phi) is 11.0. The van der Waals surface area contributed by atoms with E-state index in [1.165, 1.54) is 25.7 Å². The van der Waals surface area contributed by atoms with Gasteiger partial charge < -0.3 is 5.11 Å². The predicted octanol–water partition coefficient (Wildman–Crippen LogP) is 1.84. The second-order valence-corrected chi connectivity index (χ2v) is 4.90. The van der Waals surface area contributed by atoms with E-state index in [4.69, 9.17) is 9.66 Å². The van der Waals surface area contributed by atoms with Gasteiger partial charge in [0, 0.05) is 0 Å². The van der Waals surface area contributed by atoms with E-state index in [0.717, 1.165) is 6.42 Å². The topological polar surface area (TPSA) is 74.6 Å². The average molecular weight is 226 g/mol. The Labute approximate surface area is 87.1 Å². The average Bonchev–Trinajstić information content (AvgIpc) is 1.94. The number of hydrogen-bond acceptors (Lipinski definition) is 3. The summed E-state index contributed by atoms with van der Waals surface area (Å²) < 4.78 is 25.9. The lowest BCUT2D eigenvalue weighted by molar-refractivity contribution is 0.180. The molecule has 0 fully saturated rings. The van der Waals surface area contributed by atoms with Crippen LogP contribution in [0.25, 0.3) is 0 Å². The molecule has 0 rings (SSSR count). The minimum atomic E-state index is -3.67. The van der Waals surface area contributed by atoms with Crippen molar-refractivity contribution in [3.63, 3.8) is 0 Å². The summed E-state index contributed by atoms with van der Waals surface area (Å²) in [5.74, 6) is 0. The van der Waals surface area contributed by atoms with Crippen LogP contribution in [-0.2, 0) is 10.1 Å². The van der Waals surface area contributed by atoms with Gasteiger partial charge >= 0.3 is 0 Å². The van der Waals surface area contributed by atoms with Crippen molar-refractivity contribution < 1.29 is 18.1 Å². The van der Waals surface area contributed by atoms with Crippen molar-refractivity contribution in [3.8, 4) is 0 Å². The Hall–Kier alpha value is -0.130. The summed E-state index contributed by atoms with van der Waals surface area (Å²) in [6.07, 6.45) is 6.65. The number of unbranched alkanes of at least 4 members (excludes halogenated alkanes) is 3. The first-order chi connectivity index (χ1) is 6.27. The Morgan fingerprint density at radius 3 is 1.93 bits per heavy atom. The molecule has 0 radical (unpaired) electrons. The van der Waals surface area contributed by atoms with E-state index in [1.807, 2.05) is 6.92 Å². The minimum Gasteiger partial charge on any atom is -0.393 e. The van der Waals surface area contributed by atoms with Gasteiger partial charge in [0.15, 0.2) is 0 Å². The number of hydrogen-bond donors (Lipinski definition) is 2. The fourth-order valence-corrected chi connectivity index (χ4v) is 0.867. The number of rotatable bonds is 5. The van der Waals surface area contributed by atoms with E-state index in [-0.39, 0.29) is 6.10 Å².